The van der Waals surface area contributed by atoms with Crippen molar-refractivity contribution in [3.63, 3.8) is 0 Å². The molecular weight excluding hydrogens is 426 g/mol. The summed E-state index contributed by atoms with van der Waals surface area (Å²) in [7, 11) is 1.43. The number of nitrogens with zero attached hydrogens (tertiary/aromatic N) is 1. The molecule has 0 saturated heterocycles. The summed E-state index contributed by atoms with van der Waals surface area (Å²) in [6.45, 7) is 2.59. The highest BCUT2D eigenvalue weighted by molar-refractivity contribution is 6.31. The van der Waals surface area contributed by atoms with Crippen LogP contribution in [0.1, 0.15) is 12.5 Å². The molecule has 0 spiro atoms. The lowest BCUT2D eigenvalue weighted by molar-refractivity contribution is -0.154. The van der Waals surface area contributed by atoms with E-state index in [1.807, 2.05) is 0 Å². The first-order valence-corrected chi connectivity index (χ1v) is 9.65. The van der Waals surface area contributed by atoms with Crippen molar-refractivity contribution in [2.75, 3.05) is 12.4 Å². The van der Waals surface area contributed by atoms with Crippen molar-refractivity contribution in [3.8, 4) is 5.75 Å². The third kappa shape index (κ3) is 4.77. The van der Waals surface area contributed by atoms with Gasteiger partial charge in [0.2, 0.25) is 0 Å². The van der Waals surface area contributed by atoms with Crippen LogP contribution in [0.4, 0.5) is 5.69 Å². The van der Waals surface area contributed by atoms with Gasteiger partial charge in [-0.15, -0.1) is 0 Å². The number of carbonyl (C=O) groups is 2. The van der Waals surface area contributed by atoms with E-state index in [0.717, 1.165) is 10.2 Å². The Kier molecular flexibility index (Phi) is 6.45. The molecule has 1 amide bonds. The summed E-state index contributed by atoms with van der Waals surface area (Å²) in [6, 6.07) is 9.44. The number of H-pyrrole nitrogens is 1. The predicted octanol–water partition coefficient (Wildman–Crippen LogP) is 2.23. The monoisotopic (exact) mass is 445 g/mol. The van der Waals surface area contributed by atoms with Crippen molar-refractivity contribution in [1.29, 1.82) is 0 Å². The fourth-order valence-corrected chi connectivity index (χ4v) is 3.09. The van der Waals surface area contributed by atoms with Gasteiger partial charge in [-0.2, -0.15) is 0 Å². The van der Waals surface area contributed by atoms with Gasteiger partial charge in [0.05, 0.1) is 23.6 Å². The number of anilines is 1. The fourth-order valence-electron chi connectivity index (χ4n) is 2.94. The van der Waals surface area contributed by atoms with Crippen molar-refractivity contribution in [3.05, 3.63) is 67.7 Å². The van der Waals surface area contributed by atoms with Crippen LogP contribution in [0, 0.1) is 6.92 Å². The maximum atomic E-state index is 12.5. The van der Waals surface area contributed by atoms with Crippen molar-refractivity contribution >= 4 is 39.9 Å². The van der Waals surface area contributed by atoms with Crippen LogP contribution < -0.4 is 21.2 Å². The van der Waals surface area contributed by atoms with Gasteiger partial charge < -0.3 is 14.8 Å². The van der Waals surface area contributed by atoms with Crippen LogP contribution in [0.2, 0.25) is 5.02 Å². The zero-order valence-corrected chi connectivity index (χ0v) is 17.8. The van der Waals surface area contributed by atoms with Gasteiger partial charge >= 0.3 is 5.97 Å². The number of hydrogen-bond acceptors (Lipinski definition) is 6. The average molecular weight is 446 g/mol. The Morgan fingerprint density at radius 3 is 2.55 bits per heavy atom. The maximum Gasteiger partial charge on any atom is 0.328 e. The smallest absolute Gasteiger partial charge is 0.328 e. The van der Waals surface area contributed by atoms with E-state index in [-0.39, 0.29) is 10.8 Å². The Balaban J connectivity index is 1.71. The molecule has 0 bridgehead atoms. The Morgan fingerprint density at radius 2 is 1.87 bits per heavy atom. The summed E-state index contributed by atoms with van der Waals surface area (Å²) in [5.41, 5.74) is 0.0269. The summed E-state index contributed by atoms with van der Waals surface area (Å²) in [6.07, 6.45) is -1.17. The third-order valence-corrected chi connectivity index (χ3v) is 4.99. The normalized spacial score (nSPS) is 11.7. The Morgan fingerprint density at radius 1 is 1.19 bits per heavy atom. The first kappa shape index (κ1) is 22.1. The van der Waals surface area contributed by atoms with Crippen LogP contribution in [0.15, 0.2) is 46.0 Å². The maximum absolute atomic E-state index is 12.5. The number of aryl methyl sites for hydroxylation is 1. The number of nitrogens with one attached hydrogen (secondary N) is 2. The summed E-state index contributed by atoms with van der Waals surface area (Å²) in [5, 5.41) is 5.83. The van der Waals surface area contributed by atoms with Crippen molar-refractivity contribution in [1.82, 2.24) is 9.78 Å². The van der Waals surface area contributed by atoms with Crippen molar-refractivity contribution in [2.24, 2.45) is 0 Å². The zero-order chi connectivity index (χ0) is 22.7. The van der Waals surface area contributed by atoms with Crippen molar-refractivity contribution in [2.45, 2.75) is 26.5 Å². The molecular formula is C21H20ClN3O6. The molecule has 1 atom stereocenters. The van der Waals surface area contributed by atoms with Gasteiger partial charge in [0, 0.05) is 11.1 Å². The van der Waals surface area contributed by atoms with Gasteiger partial charge in [0.25, 0.3) is 17.0 Å². The van der Waals surface area contributed by atoms with Gasteiger partial charge in [0.1, 0.15) is 12.3 Å². The number of halogens is 1. The minimum absolute atomic E-state index is 0.176. The topological polar surface area (TPSA) is 119 Å². The minimum atomic E-state index is -1.17. The van der Waals surface area contributed by atoms with E-state index in [1.54, 1.807) is 31.2 Å². The van der Waals surface area contributed by atoms with E-state index in [4.69, 9.17) is 21.1 Å². The second-order valence-corrected chi connectivity index (χ2v) is 7.21. The summed E-state index contributed by atoms with van der Waals surface area (Å²) >= 11 is 6.05. The lowest BCUT2D eigenvalue weighted by Crippen LogP contribution is -2.36. The highest BCUT2D eigenvalue weighted by Crippen LogP contribution is 2.31. The number of aromatic nitrogens is 2. The molecule has 0 saturated carbocycles. The quantitative estimate of drug-likeness (QED) is 0.561. The van der Waals surface area contributed by atoms with Crippen LogP contribution >= 0.6 is 11.6 Å². The molecule has 2 N–H and O–H groups in total. The summed E-state index contributed by atoms with van der Waals surface area (Å²) in [5.74, 6) is -1.12. The zero-order valence-electron chi connectivity index (χ0n) is 17.0. The third-order valence-electron chi connectivity index (χ3n) is 4.59. The van der Waals surface area contributed by atoms with E-state index in [0.29, 0.717) is 16.5 Å². The van der Waals surface area contributed by atoms with Gasteiger partial charge in [-0.3, -0.25) is 24.3 Å². The highest BCUT2D eigenvalue weighted by Gasteiger charge is 2.21. The molecule has 1 unspecified atom stereocenters. The molecule has 3 rings (SSSR count). The minimum Gasteiger partial charge on any atom is -0.495 e. The molecule has 3 aromatic rings. The number of ether oxygens (including phenoxy) is 2. The Hall–Kier alpha value is -3.59. The van der Waals surface area contributed by atoms with E-state index < -0.39 is 35.6 Å². The predicted molar refractivity (Wildman–Crippen MR) is 116 cm³/mol. The lowest BCUT2D eigenvalue weighted by atomic mass is 10.2. The molecule has 0 aliphatic rings. The van der Waals surface area contributed by atoms with E-state index in [1.165, 1.54) is 26.2 Å². The number of benzene rings is 2. The molecule has 0 radical (unpaired) electrons. The second-order valence-electron chi connectivity index (χ2n) is 6.80. The molecule has 162 valence electrons. The molecule has 0 fully saturated rings. The molecule has 0 aliphatic carbocycles. The first-order valence-electron chi connectivity index (χ1n) is 9.27. The van der Waals surface area contributed by atoms with Crippen LogP contribution in [0.3, 0.4) is 0 Å². The molecule has 9 nitrogen and oxygen atoms in total. The molecule has 31 heavy (non-hydrogen) atoms. The van der Waals surface area contributed by atoms with E-state index in [2.05, 4.69) is 10.4 Å². The SMILES string of the molecule is COc1cc(Cl)c(C)cc1NC(=O)C(C)OC(=O)Cn1[nH]c(=O)c2ccccc2c1=O. The fraction of sp³-hybridized carbons (Fsp3) is 0.238. The largest absolute Gasteiger partial charge is 0.495 e. The number of rotatable bonds is 6. The number of amides is 1. The lowest BCUT2D eigenvalue weighted by Gasteiger charge is -2.16. The first-order chi connectivity index (χ1) is 14.7. The van der Waals surface area contributed by atoms with Crippen LogP contribution in [-0.2, 0) is 20.9 Å². The summed E-state index contributed by atoms with van der Waals surface area (Å²) in [4.78, 5) is 49.3. The number of esters is 1. The van der Waals surface area contributed by atoms with E-state index in [9.17, 15) is 19.2 Å². The highest BCUT2D eigenvalue weighted by atomic mass is 35.5. The molecule has 0 aliphatic heterocycles. The van der Waals surface area contributed by atoms with Crippen LogP contribution in [0.5, 0.6) is 5.75 Å². The van der Waals surface area contributed by atoms with Crippen LogP contribution in [0.25, 0.3) is 10.8 Å². The molecule has 2 aromatic carbocycles. The number of hydrogen-bond donors (Lipinski definition) is 2. The number of carbonyl (C=O) groups excluding carboxylic acids is 2. The van der Waals surface area contributed by atoms with Crippen LogP contribution in [-0.4, -0.2) is 34.9 Å². The van der Waals surface area contributed by atoms with E-state index >= 15 is 0 Å². The van der Waals surface area contributed by atoms with Gasteiger partial charge in [-0.1, -0.05) is 23.7 Å². The standard InChI is InChI=1S/C21H20ClN3O6/c1-11-8-16(17(30-3)9-15(11)22)23-19(27)12(2)31-18(26)10-25-21(29)14-7-5-4-6-13(14)20(28)24-25/h4-9,12H,10H2,1-3H3,(H,23,27)(H,24,28). The number of aromatic amines is 1. The molecule has 1 aromatic heterocycles. The number of fused-ring (bicyclic) bond motifs is 1. The van der Waals surface area contributed by atoms with Gasteiger partial charge in [0.15, 0.2) is 6.10 Å². The molecule has 10 heteroatoms. The second kappa shape index (κ2) is 9.05. The Labute approximate surface area is 181 Å². The van der Waals surface area contributed by atoms with Gasteiger partial charge in [-0.05, 0) is 37.6 Å². The average Bonchev–Trinajstić information content (AvgIpc) is 2.74. The summed E-state index contributed by atoms with van der Waals surface area (Å²) < 4.78 is 11.2. The molecule has 1 heterocycles. The Bertz CT molecular complexity index is 1280. The van der Waals surface area contributed by atoms with Crippen molar-refractivity contribution < 1.29 is 19.1 Å². The van der Waals surface area contributed by atoms with Gasteiger partial charge in [-0.25, -0.2) is 4.68 Å². The number of methoxy groups -OCH3 is 1.